The van der Waals surface area contributed by atoms with Gasteiger partial charge in [-0.05, 0) is 45.2 Å². The summed E-state index contributed by atoms with van der Waals surface area (Å²) in [6.07, 6.45) is 3.71. The molecule has 0 unspecified atom stereocenters. The van der Waals surface area contributed by atoms with Gasteiger partial charge < -0.3 is 19.9 Å². The highest BCUT2D eigenvalue weighted by molar-refractivity contribution is 14.0. The van der Waals surface area contributed by atoms with Crippen LogP contribution < -0.4 is 15.4 Å². The third kappa shape index (κ3) is 8.64. The minimum Gasteiger partial charge on any atom is -0.494 e. The highest BCUT2D eigenvalue weighted by Crippen LogP contribution is 2.16. The van der Waals surface area contributed by atoms with Crippen LogP contribution in [-0.2, 0) is 19.4 Å². The summed E-state index contributed by atoms with van der Waals surface area (Å²) < 4.78 is 11.2. The lowest BCUT2D eigenvalue weighted by Gasteiger charge is -2.12. The SMILES string of the molecule is CCNC(=NCc1c(CC)noc1CC)NCCCCOc1ccc(C)cc1.I. The second-order valence-electron chi connectivity index (χ2n) is 6.73. The number of aromatic nitrogens is 1. The zero-order chi connectivity index (χ0) is 20.2. The van der Waals surface area contributed by atoms with Gasteiger partial charge in [-0.25, -0.2) is 4.99 Å². The Bertz CT molecular complexity index is 707. The Morgan fingerprint density at radius 3 is 2.48 bits per heavy atom. The van der Waals surface area contributed by atoms with E-state index in [-0.39, 0.29) is 24.0 Å². The number of nitrogens with one attached hydrogen (secondary N) is 2. The third-order valence-corrected chi connectivity index (χ3v) is 4.50. The van der Waals surface area contributed by atoms with Crippen molar-refractivity contribution in [3.05, 3.63) is 46.8 Å². The maximum Gasteiger partial charge on any atom is 0.191 e. The molecule has 7 heteroatoms. The first kappa shape index (κ1) is 25.3. The van der Waals surface area contributed by atoms with Gasteiger partial charge in [-0.15, -0.1) is 24.0 Å². The van der Waals surface area contributed by atoms with Crippen molar-refractivity contribution in [1.29, 1.82) is 0 Å². The van der Waals surface area contributed by atoms with Gasteiger partial charge in [0, 0.05) is 25.1 Å². The smallest absolute Gasteiger partial charge is 0.191 e. The maximum atomic E-state index is 5.77. The molecule has 2 N–H and O–H groups in total. The van der Waals surface area contributed by atoms with Crippen molar-refractivity contribution >= 4 is 29.9 Å². The summed E-state index contributed by atoms with van der Waals surface area (Å²) in [6.45, 7) is 11.3. The van der Waals surface area contributed by atoms with Crippen LogP contribution in [0.25, 0.3) is 0 Å². The molecule has 2 aromatic rings. The van der Waals surface area contributed by atoms with Crippen LogP contribution in [-0.4, -0.2) is 30.8 Å². The molecule has 0 atom stereocenters. The zero-order valence-electron chi connectivity index (χ0n) is 18.1. The number of hydrogen-bond donors (Lipinski definition) is 2. The number of aryl methyl sites for hydroxylation is 3. The van der Waals surface area contributed by atoms with Crippen molar-refractivity contribution in [2.45, 2.75) is 59.9 Å². The third-order valence-electron chi connectivity index (χ3n) is 4.50. The Balaban J connectivity index is 0.00000420. The van der Waals surface area contributed by atoms with Crippen LogP contribution in [0.15, 0.2) is 33.8 Å². The van der Waals surface area contributed by atoms with Gasteiger partial charge in [0.25, 0.3) is 0 Å². The van der Waals surface area contributed by atoms with Gasteiger partial charge in [0.2, 0.25) is 0 Å². The number of halogens is 1. The molecule has 0 aliphatic rings. The standard InChI is InChI=1S/C22H34N4O2.HI/c1-5-20-19(21(6-2)28-26-20)16-25-22(23-7-3)24-14-8-9-15-27-18-12-10-17(4)11-13-18;/h10-13H,5-9,14-16H2,1-4H3,(H2,23,24,25);1H. The molecular formula is C22H35IN4O2. The van der Waals surface area contributed by atoms with E-state index < -0.39 is 0 Å². The lowest BCUT2D eigenvalue weighted by molar-refractivity contribution is 0.307. The predicted molar refractivity (Wildman–Crippen MR) is 129 cm³/mol. The molecule has 0 amide bonds. The van der Waals surface area contributed by atoms with Crippen molar-refractivity contribution in [3.8, 4) is 5.75 Å². The minimum absolute atomic E-state index is 0. The highest BCUT2D eigenvalue weighted by atomic mass is 127. The second-order valence-corrected chi connectivity index (χ2v) is 6.73. The summed E-state index contributed by atoms with van der Waals surface area (Å²) in [4.78, 5) is 4.71. The van der Waals surface area contributed by atoms with Crippen molar-refractivity contribution < 1.29 is 9.26 Å². The second kappa shape index (κ2) is 14.3. The summed E-state index contributed by atoms with van der Waals surface area (Å²) in [6, 6.07) is 8.17. The molecule has 0 aliphatic heterocycles. The molecule has 0 spiro atoms. The summed E-state index contributed by atoms with van der Waals surface area (Å²) >= 11 is 0. The van der Waals surface area contributed by atoms with Crippen LogP contribution >= 0.6 is 24.0 Å². The van der Waals surface area contributed by atoms with Crippen LogP contribution in [0.5, 0.6) is 5.75 Å². The average Bonchev–Trinajstić information content (AvgIpc) is 3.12. The molecule has 1 aromatic carbocycles. The number of rotatable bonds is 11. The predicted octanol–water partition coefficient (Wildman–Crippen LogP) is 4.64. The lowest BCUT2D eigenvalue weighted by atomic mass is 10.1. The van der Waals surface area contributed by atoms with Crippen LogP contribution in [0.4, 0.5) is 0 Å². The Kier molecular flexibility index (Phi) is 12.4. The van der Waals surface area contributed by atoms with Crippen LogP contribution in [0, 0.1) is 6.92 Å². The van der Waals surface area contributed by atoms with Gasteiger partial charge in [-0.2, -0.15) is 0 Å². The summed E-state index contributed by atoms with van der Waals surface area (Å²) in [5.74, 6) is 2.69. The van der Waals surface area contributed by atoms with Crippen molar-refractivity contribution in [3.63, 3.8) is 0 Å². The van der Waals surface area contributed by atoms with Crippen LogP contribution in [0.3, 0.4) is 0 Å². The van der Waals surface area contributed by atoms with Gasteiger partial charge in [0.15, 0.2) is 5.96 Å². The van der Waals surface area contributed by atoms with Crippen molar-refractivity contribution in [2.24, 2.45) is 4.99 Å². The number of ether oxygens (including phenoxy) is 1. The molecule has 162 valence electrons. The van der Waals surface area contributed by atoms with Gasteiger partial charge in [-0.3, -0.25) is 0 Å². The zero-order valence-corrected chi connectivity index (χ0v) is 20.4. The van der Waals surface area contributed by atoms with Gasteiger partial charge in [-0.1, -0.05) is 36.7 Å². The van der Waals surface area contributed by atoms with E-state index in [1.165, 1.54) is 5.56 Å². The van der Waals surface area contributed by atoms with E-state index in [4.69, 9.17) is 14.3 Å². The van der Waals surface area contributed by atoms with E-state index in [2.05, 4.69) is 55.6 Å². The number of benzene rings is 1. The van der Waals surface area contributed by atoms with Gasteiger partial charge in [0.05, 0.1) is 18.8 Å². The number of unbranched alkanes of at least 4 members (excludes halogenated alkanes) is 1. The number of nitrogens with zero attached hydrogens (tertiary/aromatic N) is 2. The monoisotopic (exact) mass is 514 g/mol. The fourth-order valence-electron chi connectivity index (χ4n) is 2.87. The van der Waals surface area contributed by atoms with Crippen molar-refractivity contribution in [1.82, 2.24) is 15.8 Å². The summed E-state index contributed by atoms with van der Waals surface area (Å²) in [5.41, 5.74) is 3.37. The Labute approximate surface area is 191 Å². The van der Waals surface area contributed by atoms with E-state index in [0.29, 0.717) is 6.54 Å². The number of hydrogen-bond acceptors (Lipinski definition) is 4. The fourth-order valence-corrected chi connectivity index (χ4v) is 2.87. The molecule has 0 radical (unpaired) electrons. The summed E-state index contributed by atoms with van der Waals surface area (Å²) in [7, 11) is 0. The molecule has 0 aliphatic carbocycles. The van der Waals surface area contributed by atoms with E-state index in [1.807, 2.05) is 12.1 Å². The summed E-state index contributed by atoms with van der Waals surface area (Å²) in [5, 5.41) is 10.9. The first-order valence-corrected chi connectivity index (χ1v) is 10.4. The fraction of sp³-hybridized carbons (Fsp3) is 0.545. The Morgan fingerprint density at radius 1 is 1.07 bits per heavy atom. The van der Waals surface area contributed by atoms with E-state index >= 15 is 0 Å². The molecule has 6 nitrogen and oxygen atoms in total. The Hall–Kier alpha value is -1.77. The topological polar surface area (TPSA) is 71.7 Å². The molecule has 29 heavy (non-hydrogen) atoms. The normalized spacial score (nSPS) is 11.1. The van der Waals surface area contributed by atoms with Gasteiger partial charge >= 0.3 is 0 Å². The van der Waals surface area contributed by atoms with E-state index in [9.17, 15) is 0 Å². The van der Waals surface area contributed by atoms with Crippen LogP contribution in [0.2, 0.25) is 0 Å². The molecule has 2 rings (SSSR count). The molecule has 1 heterocycles. The molecule has 0 saturated heterocycles. The minimum atomic E-state index is 0. The first-order valence-electron chi connectivity index (χ1n) is 10.4. The first-order chi connectivity index (χ1) is 13.7. The molecule has 0 saturated carbocycles. The van der Waals surface area contributed by atoms with Crippen molar-refractivity contribution in [2.75, 3.05) is 19.7 Å². The largest absolute Gasteiger partial charge is 0.494 e. The number of guanidine groups is 1. The average molecular weight is 514 g/mol. The molecular weight excluding hydrogens is 479 g/mol. The Morgan fingerprint density at radius 2 is 1.83 bits per heavy atom. The quantitative estimate of drug-likeness (QED) is 0.198. The van der Waals surface area contributed by atoms with Gasteiger partial charge in [0.1, 0.15) is 11.5 Å². The molecule has 0 fully saturated rings. The molecule has 0 bridgehead atoms. The van der Waals surface area contributed by atoms with E-state index in [0.717, 1.165) is 74.1 Å². The highest BCUT2D eigenvalue weighted by Gasteiger charge is 2.13. The maximum absolute atomic E-state index is 5.77. The lowest BCUT2D eigenvalue weighted by Crippen LogP contribution is -2.37. The van der Waals surface area contributed by atoms with Crippen LogP contribution in [0.1, 0.15) is 56.2 Å². The number of aliphatic imine (C=N–C) groups is 1. The molecule has 1 aromatic heterocycles. The van der Waals surface area contributed by atoms with E-state index in [1.54, 1.807) is 0 Å².